The number of hydrogen-bond acceptors (Lipinski definition) is 4. The Hall–Kier alpha value is -0.650. The first-order valence-electron chi connectivity index (χ1n) is 2.27. The molecule has 0 unspecified atom stereocenters. The Bertz CT molecular complexity index is 120. The number of aliphatic hydroxyl groups is 2. The lowest BCUT2D eigenvalue weighted by molar-refractivity contribution is -0.160. The van der Waals surface area contributed by atoms with Crippen molar-refractivity contribution in [1.82, 2.24) is 0 Å². The van der Waals surface area contributed by atoms with Crippen LogP contribution in [0.25, 0.3) is 0 Å². The number of aliphatic hydroxyl groups excluding tert-OH is 1. The molecule has 0 aromatic carbocycles. The normalized spacial score (nSPS) is 17.4. The molecule has 0 saturated carbocycles. The molecular formula is C4H9NO4. The van der Waals surface area contributed by atoms with E-state index in [0.29, 0.717) is 0 Å². The zero-order valence-electron chi connectivity index (χ0n) is 4.90. The Morgan fingerprint density at radius 3 is 2.00 bits per heavy atom. The third kappa shape index (κ3) is 1.63. The van der Waals surface area contributed by atoms with Crippen LogP contribution in [0.5, 0.6) is 0 Å². The van der Waals surface area contributed by atoms with E-state index in [0.717, 1.165) is 6.92 Å². The molecule has 0 aliphatic heterocycles. The molecule has 0 heterocycles. The summed E-state index contributed by atoms with van der Waals surface area (Å²) in [5.41, 5.74) is 2.93. The van der Waals surface area contributed by atoms with Crippen molar-refractivity contribution in [2.45, 2.75) is 18.8 Å². The molecule has 54 valence electrons. The van der Waals surface area contributed by atoms with Crippen molar-refractivity contribution in [2.75, 3.05) is 0 Å². The fourth-order valence-electron chi connectivity index (χ4n) is 0.110. The van der Waals surface area contributed by atoms with Gasteiger partial charge in [-0.05, 0) is 6.92 Å². The lowest BCUT2D eigenvalue weighted by atomic mass is 10.1. The molecule has 5 heteroatoms. The Morgan fingerprint density at radius 1 is 1.67 bits per heavy atom. The van der Waals surface area contributed by atoms with E-state index in [1.165, 1.54) is 0 Å². The lowest BCUT2D eigenvalue weighted by Crippen LogP contribution is -2.54. The van der Waals surface area contributed by atoms with Crippen LogP contribution in [0.2, 0.25) is 0 Å². The minimum atomic E-state index is -2.03. The molecule has 0 radical (unpaired) electrons. The second kappa shape index (κ2) is 2.30. The molecule has 0 rings (SSSR count). The Labute approximate surface area is 51.7 Å². The Balaban J connectivity index is 4.19. The number of carbonyl (C=O) groups is 1. The molecule has 5 N–H and O–H groups in total. The molecular weight excluding hydrogens is 126 g/mol. The minimum absolute atomic E-state index is 1.01. The van der Waals surface area contributed by atoms with Gasteiger partial charge in [-0.1, -0.05) is 0 Å². The van der Waals surface area contributed by atoms with Gasteiger partial charge in [0.15, 0.2) is 11.8 Å². The van der Waals surface area contributed by atoms with Crippen molar-refractivity contribution < 1.29 is 20.1 Å². The number of aliphatic carboxylic acids is 1. The average molecular weight is 135 g/mol. The standard InChI is InChI=1S/C4H9NO4/c1-4(5,2(6)7)3(8)9/h2,6-7H,5H2,1H3,(H,8,9)/t4-/m1/s1. The van der Waals surface area contributed by atoms with Crippen LogP contribution in [0.4, 0.5) is 0 Å². The van der Waals surface area contributed by atoms with E-state index in [1.54, 1.807) is 0 Å². The van der Waals surface area contributed by atoms with E-state index in [2.05, 4.69) is 0 Å². The number of nitrogens with two attached hydrogens (primary N) is 1. The molecule has 0 bridgehead atoms. The van der Waals surface area contributed by atoms with Gasteiger partial charge >= 0.3 is 5.97 Å². The molecule has 0 aliphatic rings. The summed E-state index contributed by atoms with van der Waals surface area (Å²) in [5, 5.41) is 24.8. The summed E-state index contributed by atoms with van der Waals surface area (Å²) in [6, 6.07) is 0. The summed E-state index contributed by atoms with van der Waals surface area (Å²) in [4.78, 5) is 10.0. The first kappa shape index (κ1) is 8.35. The molecule has 0 fully saturated rings. The predicted molar refractivity (Wildman–Crippen MR) is 28.5 cm³/mol. The lowest BCUT2D eigenvalue weighted by Gasteiger charge is -2.20. The largest absolute Gasteiger partial charge is 0.480 e. The minimum Gasteiger partial charge on any atom is -0.480 e. The number of carboxylic acids is 1. The van der Waals surface area contributed by atoms with E-state index in [-0.39, 0.29) is 0 Å². The SMILES string of the molecule is C[C@](N)(C(=O)O)C(O)O. The first-order valence-corrected chi connectivity index (χ1v) is 2.27. The van der Waals surface area contributed by atoms with Crippen LogP contribution < -0.4 is 5.73 Å². The maximum absolute atomic E-state index is 10.0. The van der Waals surface area contributed by atoms with Crippen LogP contribution in [0.3, 0.4) is 0 Å². The summed E-state index contributed by atoms with van der Waals surface area (Å²) in [6.45, 7) is 1.01. The van der Waals surface area contributed by atoms with Gasteiger partial charge in [-0.2, -0.15) is 0 Å². The molecule has 0 aliphatic carbocycles. The Kier molecular flexibility index (Phi) is 2.13. The first-order chi connectivity index (χ1) is 3.89. The van der Waals surface area contributed by atoms with Crippen LogP contribution in [0.1, 0.15) is 6.92 Å². The van der Waals surface area contributed by atoms with E-state index < -0.39 is 17.8 Å². The van der Waals surface area contributed by atoms with Gasteiger partial charge in [-0.15, -0.1) is 0 Å². The van der Waals surface area contributed by atoms with E-state index >= 15 is 0 Å². The molecule has 9 heavy (non-hydrogen) atoms. The molecule has 0 aromatic heterocycles. The van der Waals surface area contributed by atoms with Crippen LogP contribution in [0.15, 0.2) is 0 Å². The van der Waals surface area contributed by atoms with Gasteiger partial charge in [0.25, 0.3) is 0 Å². The van der Waals surface area contributed by atoms with Gasteiger partial charge in [0.2, 0.25) is 0 Å². The van der Waals surface area contributed by atoms with E-state index in [4.69, 9.17) is 21.1 Å². The monoisotopic (exact) mass is 135 g/mol. The van der Waals surface area contributed by atoms with Gasteiger partial charge < -0.3 is 21.1 Å². The average Bonchev–Trinajstić information content (AvgIpc) is 1.65. The maximum atomic E-state index is 10.0. The van der Waals surface area contributed by atoms with Crippen molar-refractivity contribution in [1.29, 1.82) is 0 Å². The fourth-order valence-corrected chi connectivity index (χ4v) is 0.110. The fraction of sp³-hybridized carbons (Fsp3) is 0.750. The number of rotatable bonds is 2. The van der Waals surface area contributed by atoms with Gasteiger partial charge in [-0.25, -0.2) is 0 Å². The third-order valence-electron chi connectivity index (χ3n) is 0.997. The highest BCUT2D eigenvalue weighted by molar-refractivity contribution is 5.78. The smallest absolute Gasteiger partial charge is 0.328 e. The molecule has 0 spiro atoms. The van der Waals surface area contributed by atoms with Crippen molar-refractivity contribution in [3.05, 3.63) is 0 Å². The quantitative estimate of drug-likeness (QED) is 0.331. The van der Waals surface area contributed by atoms with Crippen molar-refractivity contribution >= 4 is 5.97 Å². The maximum Gasteiger partial charge on any atom is 0.328 e. The van der Waals surface area contributed by atoms with Gasteiger partial charge in [0.1, 0.15) is 0 Å². The molecule has 0 aromatic rings. The third-order valence-corrected chi connectivity index (χ3v) is 0.997. The van der Waals surface area contributed by atoms with Crippen molar-refractivity contribution in [2.24, 2.45) is 5.73 Å². The van der Waals surface area contributed by atoms with E-state index in [1.807, 2.05) is 0 Å². The molecule has 5 nitrogen and oxygen atoms in total. The number of hydrogen-bond donors (Lipinski definition) is 4. The summed E-state index contributed by atoms with van der Waals surface area (Å²) in [6.07, 6.45) is -2.03. The molecule has 1 atom stereocenters. The second-order valence-corrected chi connectivity index (χ2v) is 1.96. The van der Waals surface area contributed by atoms with Crippen LogP contribution in [-0.4, -0.2) is 33.1 Å². The molecule has 0 saturated heterocycles. The van der Waals surface area contributed by atoms with Crippen molar-refractivity contribution in [3.8, 4) is 0 Å². The van der Waals surface area contributed by atoms with E-state index in [9.17, 15) is 4.79 Å². The second-order valence-electron chi connectivity index (χ2n) is 1.96. The van der Waals surface area contributed by atoms with Crippen LogP contribution in [-0.2, 0) is 4.79 Å². The summed E-state index contributed by atoms with van der Waals surface area (Å²) in [5.74, 6) is -1.45. The van der Waals surface area contributed by atoms with Gasteiger partial charge in [-0.3, -0.25) is 4.79 Å². The Morgan fingerprint density at radius 2 is 2.00 bits per heavy atom. The summed E-state index contributed by atoms with van der Waals surface area (Å²) in [7, 11) is 0. The van der Waals surface area contributed by atoms with Gasteiger partial charge in [0, 0.05) is 0 Å². The highest BCUT2D eigenvalue weighted by atomic mass is 16.5. The highest BCUT2D eigenvalue weighted by Gasteiger charge is 2.35. The zero-order chi connectivity index (χ0) is 7.65. The number of carboxylic acid groups (broad SMARTS) is 1. The van der Waals surface area contributed by atoms with Gasteiger partial charge in [0.05, 0.1) is 0 Å². The summed E-state index contributed by atoms with van der Waals surface area (Å²) >= 11 is 0. The zero-order valence-corrected chi connectivity index (χ0v) is 4.90. The van der Waals surface area contributed by atoms with Crippen LogP contribution in [0, 0.1) is 0 Å². The molecule has 0 amide bonds. The van der Waals surface area contributed by atoms with Crippen molar-refractivity contribution in [3.63, 3.8) is 0 Å². The topological polar surface area (TPSA) is 104 Å². The predicted octanol–water partition coefficient (Wildman–Crippen LogP) is -1.90. The summed E-state index contributed by atoms with van der Waals surface area (Å²) < 4.78 is 0. The van der Waals surface area contributed by atoms with Crippen LogP contribution >= 0.6 is 0 Å². The highest BCUT2D eigenvalue weighted by Crippen LogP contribution is 2.02.